The van der Waals surface area contributed by atoms with Crippen molar-refractivity contribution in [1.29, 1.82) is 0 Å². The third-order valence-corrected chi connectivity index (χ3v) is 10.4. The lowest BCUT2D eigenvalue weighted by Crippen LogP contribution is -2.29. The number of hydrogen-bond acceptors (Lipinski definition) is 9. The van der Waals surface area contributed by atoms with Crippen molar-refractivity contribution in [2.45, 2.75) is 180 Å². The minimum absolute atomic E-state index is 0.00651. The Labute approximate surface area is 313 Å². The second-order valence-electron chi connectivity index (χ2n) is 14.6. The van der Waals surface area contributed by atoms with Gasteiger partial charge in [-0.1, -0.05) is 135 Å². The summed E-state index contributed by atoms with van der Waals surface area (Å²) >= 11 is 0. The third-order valence-electron chi connectivity index (χ3n) is 9.88. The molecule has 0 heterocycles. The van der Waals surface area contributed by atoms with Crippen molar-refractivity contribution in [2.24, 2.45) is 17.8 Å². The van der Waals surface area contributed by atoms with Gasteiger partial charge >= 0.3 is 19.8 Å². The van der Waals surface area contributed by atoms with E-state index in [1.165, 1.54) is 51.4 Å². The second kappa shape index (κ2) is 29.5. The number of aliphatic hydroxyl groups is 2. The first kappa shape index (κ1) is 48.1. The van der Waals surface area contributed by atoms with Crippen LogP contribution in [0.5, 0.6) is 0 Å². The van der Waals surface area contributed by atoms with Crippen molar-refractivity contribution in [3.63, 3.8) is 0 Å². The number of aliphatic hydroxyl groups excluding tert-OH is 2. The number of carbonyl (C=O) groups excluding carboxylic acids is 3. The summed E-state index contributed by atoms with van der Waals surface area (Å²) in [6.07, 6.45) is 24.1. The van der Waals surface area contributed by atoms with E-state index >= 15 is 0 Å². The fourth-order valence-corrected chi connectivity index (χ4v) is 6.75. The molecule has 11 nitrogen and oxygen atoms in total. The van der Waals surface area contributed by atoms with Crippen molar-refractivity contribution in [3.8, 4) is 0 Å². The molecule has 4 N–H and O–H groups in total. The first-order chi connectivity index (χ1) is 24.9. The lowest BCUT2D eigenvalue weighted by molar-refractivity contribution is -0.161. The zero-order valence-electron chi connectivity index (χ0n) is 32.3. The topological polar surface area (TPSA) is 177 Å². The summed E-state index contributed by atoms with van der Waals surface area (Å²) in [5, 5.41) is 20.6. The highest BCUT2D eigenvalue weighted by atomic mass is 31.2. The average molecular weight is 759 g/mol. The van der Waals surface area contributed by atoms with Gasteiger partial charge in [-0.15, -0.1) is 0 Å². The van der Waals surface area contributed by atoms with Crippen LogP contribution < -0.4 is 0 Å². The zero-order chi connectivity index (χ0) is 38.6. The number of allylic oxidation sites excluding steroid dienone is 2. The molecule has 1 aliphatic carbocycles. The Bertz CT molecular complexity index is 1070. The smallest absolute Gasteiger partial charge is 0.462 e. The summed E-state index contributed by atoms with van der Waals surface area (Å²) in [4.78, 5) is 55.4. The number of hydrogen-bond donors (Lipinski definition) is 4. The van der Waals surface area contributed by atoms with Crippen molar-refractivity contribution >= 4 is 25.5 Å². The van der Waals surface area contributed by atoms with Crippen molar-refractivity contribution in [3.05, 3.63) is 24.3 Å². The van der Waals surface area contributed by atoms with Gasteiger partial charge in [-0.25, -0.2) is 4.57 Å². The molecule has 1 aliphatic rings. The molecular formula is C40H71O11P. The zero-order valence-corrected chi connectivity index (χ0v) is 33.2. The Hall–Kier alpha value is -1.88. The summed E-state index contributed by atoms with van der Waals surface area (Å²) in [5.74, 6) is -0.967. The highest BCUT2D eigenvalue weighted by Gasteiger charge is 2.39. The van der Waals surface area contributed by atoms with Crippen LogP contribution in [0.3, 0.4) is 0 Å². The minimum Gasteiger partial charge on any atom is -0.462 e. The predicted molar refractivity (Wildman–Crippen MR) is 203 cm³/mol. The van der Waals surface area contributed by atoms with E-state index < -0.39 is 44.7 Å². The molecule has 6 atom stereocenters. The van der Waals surface area contributed by atoms with E-state index in [2.05, 4.69) is 25.3 Å². The Morgan fingerprint density at radius 2 is 1.46 bits per heavy atom. The average Bonchev–Trinajstić information content (AvgIpc) is 3.37. The quantitative estimate of drug-likeness (QED) is 0.0224. The molecule has 0 radical (unpaired) electrons. The van der Waals surface area contributed by atoms with Crippen LogP contribution in [-0.2, 0) is 32.9 Å². The van der Waals surface area contributed by atoms with Gasteiger partial charge in [0.05, 0.1) is 18.8 Å². The van der Waals surface area contributed by atoms with Gasteiger partial charge in [0.25, 0.3) is 0 Å². The van der Waals surface area contributed by atoms with Crippen molar-refractivity contribution < 1.29 is 52.9 Å². The molecule has 0 bridgehead atoms. The molecule has 52 heavy (non-hydrogen) atoms. The molecule has 0 saturated heterocycles. The number of Topliss-reactive ketones (excluding diaryl/α,β-unsaturated/α-hetero) is 1. The highest BCUT2D eigenvalue weighted by Crippen LogP contribution is 2.36. The molecule has 0 aromatic carbocycles. The number of phosphoric acid groups is 1. The number of ether oxygens (including phenoxy) is 2. The van der Waals surface area contributed by atoms with E-state index in [1.807, 2.05) is 12.2 Å². The van der Waals surface area contributed by atoms with Gasteiger partial charge < -0.3 is 29.5 Å². The van der Waals surface area contributed by atoms with E-state index in [0.717, 1.165) is 44.4 Å². The summed E-state index contributed by atoms with van der Waals surface area (Å²) in [7, 11) is -4.82. The summed E-state index contributed by atoms with van der Waals surface area (Å²) in [6, 6.07) is 0. The minimum atomic E-state index is -4.82. The van der Waals surface area contributed by atoms with E-state index in [9.17, 15) is 29.2 Å². The first-order valence-electron chi connectivity index (χ1n) is 20.1. The van der Waals surface area contributed by atoms with Crippen molar-refractivity contribution in [1.82, 2.24) is 0 Å². The fraction of sp³-hybridized carbons (Fsp3) is 0.825. The lowest BCUT2D eigenvalue weighted by atomic mass is 9.90. The second-order valence-corrected chi connectivity index (χ2v) is 15.9. The van der Waals surface area contributed by atoms with Gasteiger partial charge in [-0.2, -0.15) is 0 Å². The molecular weight excluding hydrogens is 687 g/mol. The van der Waals surface area contributed by atoms with Crippen molar-refractivity contribution in [2.75, 3.05) is 13.2 Å². The Morgan fingerprint density at radius 3 is 2.10 bits per heavy atom. The van der Waals surface area contributed by atoms with Crippen LogP contribution in [0.4, 0.5) is 0 Å². The molecule has 1 rings (SSSR count). The number of phosphoric ester groups is 1. The number of unbranched alkanes of at least 4 members (excludes halogenated alkanes) is 12. The summed E-state index contributed by atoms with van der Waals surface area (Å²) in [5.41, 5.74) is 0. The van der Waals surface area contributed by atoms with Gasteiger partial charge in [-0.05, 0) is 38.0 Å². The maximum Gasteiger partial charge on any atom is 0.469 e. The Kier molecular flexibility index (Phi) is 27.3. The largest absolute Gasteiger partial charge is 0.469 e. The molecule has 0 aromatic rings. The van der Waals surface area contributed by atoms with E-state index in [0.29, 0.717) is 32.1 Å². The maximum atomic E-state index is 12.5. The van der Waals surface area contributed by atoms with Crippen LogP contribution in [0.1, 0.15) is 162 Å². The fourth-order valence-electron chi connectivity index (χ4n) is 6.39. The van der Waals surface area contributed by atoms with Gasteiger partial charge in [0.1, 0.15) is 12.4 Å². The molecule has 0 amide bonds. The highest BCUT2D eigenvalue weighted by molar-refractivity contribution is 7.46. The molecule has 12 heteroatoms. The monoisotopic (exact) mass is 758 g/mol. The van der Waals surface area contributed by atoms with Crippen LogP contribution in [-0.4, -0.2) is 69.2 Å². The normalized spacial score (nSPS) is 19.8. The molecule has 1 saturated carbocycles. The maximum absolute atomic E-state index is 12.5. The number of carbonyl (C=O) groups is 3. The summed E-state index contributed by atoms with van der Waals surface area (Å²) < 4.78 is 26.3. The molecule has 1 fully saturated rings. The van der Waals surface area contributed by atoms with Gasteiger partial charge in [-0.3, -0.25) is 18.9 Å². The third kappa shape index (κ3) is 25.2. The van der Waals surface area contributed by atoms with Gasteiger partial charge in [0.15, 0.2) is 6.10 Å². The SMILES string of the molecule is CCCCC[C@H](O)/C=C/[C@H]1[C@H](O)CC(=O)[C@@H]1C/C=C\CCCC(=O)OC[C@H](COP(=O)(O)O)OC(=O)CCCCCCCCCCCCC(C)CC. The van der Waals surface area contributed by atoms with E-state index in [4.69, 9.17) is 19.3 Å². The van der Waals surface area contributed by atoms with Crippen LogP contribution in [0.25, 0.3) is 0 Å². The van der Waals surface area contributed by atoms with E-state index in [-0.39, 0.29) is 43.5 Å². The predicted octanol–water partition coefficient (Wildman–Crippen LogP) is 8.46. The number of rotatable bonds is 32. The molecule has 1 unspecified atom stereocenters. The van der Waals surface area contributed by atoms with Crippen LogP contribution in [0, 0.1) is 17.8 Å². The van der Waals surface area contributed by atoms with E-state index in [1.54, 1.807) is 12.2 Å². The molecule has 302 valence electrons. The van der Waals surface area contributed by atoms with Crippen LogP contribution in [0.15, 0.2) is 24.3 Å². The van der Waals surface area contributed by atoms with Crippen LogP contribution in [0.2, 0.25) is 0 Å². The Balaban J connectivity index is 2.32. The Morgan fingerprint density at radius 1 is 0.846 bits per heavy atom. The lowest BCUT2D eigenvalue weighted by Gasteiger charge is -2.18. The van der Waals surface area contributed by atoms with Crippen LogP contribution >= 0.6 is 7.82 Å². The van der Waals surface area contributed by atoms with Gasteiger partial charge in [0.2, 0.25) is 0 Å². The molecule has 0 spiro atoms. The standard InChI is InChI=1S/C40H71O11P/c1-4-6-17-23-33(41)27-28-36-35(37(42)29-38(36)43)24-19-15-16-20-25-39(44)49-30-34(31-50-52(46,47)48)51-40(45)26-21-14-12-10-8-7-9-11-13-18-22-32(3)5-2/h15,19,27-28,32-36,38,41,43H,4-14,16-18,20-26,29-31H2,1-3H3,(H2,46,47,48)/b19-15-,28-27+/t32?,33-,34+,35+,36+,38+/m0/s1. The molecule has 0 aliphatic heterocycles. The summed E-state index contributed by atoms with van der Waals surface area (Å²) in [6.45, 7) is 5.68. The number of esters is 2. The number of ketones is 1. The van der Waals surface area contributed by atoms with Gasteiger partial charge in [0, 0.05) is 31.1 Å². The first-order valence-corrected chi connectivity index (χ1v) is 21.7. The molecule has 0 aromatic heterocycles.